The quantitative estimate of drug-likeness (QED) is 0.696. The van der Waals surface area contributed by atoms with E-state index < -0.39 is 21.6 Å². The van der Waals surface area contributed by atoms with Crippen molar-refractivity contribution >= 4 is 37.8 Å². The second kappa shape index (κ2) is 6.30. The van der Waals surface area contributed by atoms with Crippen LogP contribution >= 0.6 is 0 Å². The van der Waals surface area contributed by atoms with E-state index in [1.54, 1.807) is 28.1 Å². The highest BCUT2D eigenvalue weighted by Crippen LogP contribution is 2.31. The molecule has 0 aliphatic carbocycles. The molecule has 0 spiro atoms. The zero-order chi connectivity index (χ0) is 19.2. The van der Waals surface area contributed by atoms with E-state index in [4.69, 9.17) is 0 Å². The van der Waals surface area contributed by atoms with Crippen molar-refractivity contribution in [1.82, 2.24) is 24.7 Å². The second-order valence-electron chi connectivity index (χ2n) is 6.31. The van der Waals surface area contributed by atoms with Gasteiger partial charge in [-0.25, -0.2) is 28.1 Å². The lowest BCUT2D eigenvalue weighted by Gasteiger charge is -2.34. The van der Waals surface area contributed by atoms with Crippen LogP contribution in [-0.4, -0.2) is 53.0 Å². The number of H-pyrrole nitrogens is 1. The number of halogens is 3. The molecule has 0 saturated carbocycles. The van der Waals surface area contributed by atoms with E-state index in [-0.39, 0.29) is 6.54 Å². The van der Waals surface area contributed by atoms with Crippen molar-refractivity contribution in [2.75, 3.05) is 18.0 Å². The van der Waals surface area contributed by atoms with Crippen molar-refractivity contribution in [3.05, 3.63) is 24.8 Å². The SMILES string of the molecule is O=S(=O)(NC1CCCN(c2nc[nH]c3cnc4nccc4c23)C1)C(F)(F)F. The Labute approximate surface area is 151 Å². The first kappa shape index (κ1) is 17.9. The lowest BCUT2D eigenvalue weighted by molar-refractivity contribution is -0.0451. The molecule has 1 aliphatic heterocycles. The molecule has 144 valence electrons. The van der Waals surface area contributed by atoms with E-state index in [0.29, 0.717) is 36.4 Å². The highest BCUT2D eigenvalue weighted by Gasteiger charge is 2.47. The van der Waals surface area contributed by atoms with Gasteiger partial charge in [-0.15, -0.1) is 0 Å². The Bertz CT molecular complexity index is 1100. The molecular weight excluding hydrogens is 385 g/mol. The standard InChI is InChI=1S/C15H15F3N6O2S/c16-15(17,18)27(25,26)23-9-2-1-5-24(7-9)14-12-10-3-4-19-13(10)20-6-11(12)21-8-22-14/h3-4,6,8-9,23H,1-2,5,7H2,(H,21,22). The van der Waals surface area contributed by atoms with Gasteiger partial charge in [0.15, 0.2) is 5.65 Å². The maximum Gasteiger partial charge on any atom is 0.511 e. The van der Waals surface area contributed by atoms with Crippen LogP contribution in [0, 0.1) is 0 Å². The Hall–Kier alpha value is -2.47. The number of hydrogen-bond donors (Lipinski definition) is 2. The zero-order valence-electron chi connectivity index (χ0n) is 13.9. The number of alkyl halides is 3. The minimum absolute atomic E-state index is 0.0827. The molecule has 1 unspecified atom stereocenters. The Kier molecular flexibility index (Phi) is 4.18. The third-order valence-electron chi connectivity index (χ3n) is 4.51. The van der Waals surface area contributed by atoms with Gasteiger partial charge in [-0.3, -0.25) is 0 Å². The predicted molar refractivity (Wildman–Crippen MR) is 92.5 cm³/mol. The number of rotatable bonds is 3. The molecule has 4 heterocycles. The Morgan fingerprint density at radius 1 is 1.26 bits per heavy atom. The van der Waals surface area contributed by atoms with E-state index in [9.17, 15) is 21.6 Å². The average molecular weight is 400 g/mol. The summed E-state index contributed by atoms with van der Waals surface area (Å²) in [5.74, 6) is 0.556. The molecular formula is C15H15F3N6O2S. The van der Waals surface area contributed by atoms with E-state index in [1.165, 1.54) is 6.33 Å². The fraction of sp³-hybridized carbons (Fsp3) is 0.400. The molecule has 12 heteroatoms. The average Bonchev–Trinajstić information content (AvgIpc) is 3.09. The van der Waals surface area contributed by atoms with Crippen molar-refractivity contribution in [2.45, 2.75) is 24.4 Å². The number of pyridine rings is 1. The molecule has 0 amide bonds. The Morgan fingerprint density at radius 2 is 2.07 bits per heavy atom. The number of anilines is 1. The number of piperidine rings is 1. The Morgan fingerprint density at radius 3 is 2.85 bits per heavy atom. The minimum Gasteiger partial charge on any atom is -0.354 e. The van der Waals surface area contributed by atoms with Crippen LogP contribution in [0.3, 0.4) is 0 Å². The molecule has 27 heavy (non-hydrogen) atoms. The number of hydrogen-bond acceptors (Lipinski definition) is 6. The number of sulfonamides is 1. The van der Waals surface area contributed by atoms with Crippen LogP contribution in [0.4, 0.5) is 19.0 Å². The smallest absolute Gasteiger partial charge is 0.354 e. The van der Waals surface area contributed by atoms with Gasteiger partial charge in [0.05, 0.1) is 23.4 Å². The summed E-state index contributed by atoms with van der Waals surface area (Å²) in [5.41, 5.74) is -4.09. The summed E-state index contributed by atoms with van der Waals surface area (Å²) < 4.78 is 62.6. The van der Waals surface area contributed by atoms with Crippen molar-refractivity contribution in [3.63, 3.8) is 0 Å². The van der Waals surface area contributed by atoms with Gasteiger partial charge in [0.1, 0.15) is 5.82 Å². The fourth-order valence-electron chi connectivity index (χ4n) is 3.33. The monoisotopic (exact) mass is 400 g/mol. The van der Waals surface area contributed by atoms with E-state index in [0.717, 1.165) is 10.8 Å². The maximum atomic E-state index is 12.7. The topological polar surface area (TPSA) is 104 Å². The third kappa shape index (κ3) is 3.18. The highest BCUT2D eigenvalue weighted by molar-refractivity contribution is 7.90. The Balaban J connectivity index is 1.69. The van der Waals surface area contributed by atoms with Gasteiger partial charge in [-0.1, -0.05) is 0 Å². The summed E-state index contributed by atoms with van der Waals surface area (Å²) in [4.78, 5) is 17.5. The molecule has 0 bridgehead atoms. The molecule has 1 fully saturated rings. The van der Waals surface area contributed by atoms with E-state index >= 15 is 0 Å². The van der Waals surface area contributed by atoms with E-state index in [1.807, 2.05) is 0 Å². The molecule has 0 radical (unpaired) electrons. The van der Waals surface area contributed by atoms with Crippen LogP contribution in [0.5, 0.6) is 0 Å². The van der Waals surface area contributed by atoms with Crippen molar-refractivity contribution in [2.24, 2.45) is 0 Å². The summed E-state index contributed by atoms with van der Waals surface area (Å²) >= 11 is 0. The third-order valence-corrected chi connectivity index (χ3v) is 5.76. The van der Waals surface area contributed by atoms with E-state index in [2.05, 4.69) is 19.9 Å². The summed E-state index contributed by atoms with van der Waals surface area (Å²) in [5, 5.41) is 1.52. The minimum atomic E-state index is -5.39. The number of aromatic amines is 1. The van der Waals surface area contributed by atoms with Gasteiger partial charge in [-0.05, 0) is 18.9 Å². The van der Waals surface area contributed by atoms with Crippen molar-refractivity contribution in [1.29, 1.82) is 0 Å². The van der Waals surface area contributed by atoms with Crippen molar-refractivity contribution in [3.8, 4) is 0 Å². The van der Waals surface area contributed by atoms with Crippen LogP contribution < -0.4 is 9.62 Å². The maximum absolute atomic E-state index is 12.7. The van der Waals surface area contributed by atoms with Crippen LogP contribution in [0.1, 0.15) is 12.8 Å². The molecule has 0 aromatic carbocycles. The molecule has 1 saturated heterocycles. The molecule has 2 N–H and O–H groups in total. The normalized spacial score (nSPS) is 19.1. The highest BCUT2D eigenvalue weighted by atomic mass is 32.2. The first-order valence-corrected chi connectivity index (χ1v) is 9.65. The molecule has 1 atom stereocenters. The van der Waals surface area contributed by atoms with Crippen molar-refractivity contribution < 1.29 is 21.6 Å². The first-order valence-electron chi connectivity index (χ1n) is 8.16. The molecule has 3 aromatic rings. The largest absolute Gasteiger partial charge is 0.511 e. The number of nitrogens with one attached hydrogen (secondary N) is 2. The molecule has 4 rings (SSSR count). The van der Waals surface area contributed by atoms with Crippen LogP contribution in [0.25, 0.3) is 21.9 Å². The second-order valence-corrected chi connectivity index (χ2v) is 8.01. The number of fused-ring (bicyclic) bond motifs is 3. The molecule has 1 aliphatic rings. The first-order chi connectivity index (χ1) is 12.8. The lowest BCUT2D eigenvalue weighted by atomic mass is 10.1. The summed E-state index contributed by atoms with van der Waals surface area (Å²) in [6.07, 6.45) is 5.55. The number of aromatic nitrogens is 4. The zero-order valence-corrected chi connectivity index (χ0v) is 14.7. The van der Waals surface area contributed by atoms with Gasteiger partial charge < -0.3 is 9.88 Å². The number of nitrogens with zero attached hydrogens (tertiary/aromatic N) is 4. The van der Waals surface area contributed by atoms with Crippen LogP contribution in [0.15, 0.2) is 24.8 Å². The summed E-state index contributed by atoms with van der Waals surface area (Å²) in [6, 6.07) is 0.929. The van der Waals surface area contributed by atoms with Gasteiger partial charge in [-0.2, -0.15) is 13.2 Å². The molecule has 8 nitrogen and oxygen atoms in total. The predicted octanol–water partition coefficient (Wildman–Crippen LogP) is 1.91. The van der Waals surface area contributed by atoms with Crippen LogP contribution in [-0.2, 0) is 10.0 Å². The van der Waals surface area contributed by atoms with Gasteiger partial charge in [0.2, 0.25) is 0 Å². The van der Waals surface area contributed by atoms with Crippen LogP contribution in [0.2, 0.25) is 0 Å². The summed E-state index contributed by atoms with van der Waals surface area (Å²) in [7, 11) is -5.39. The van der Waals surface area contributed by atoms with Gasteiger partial charge in [0, 0.05) is 30.7 Å². The fourth-order valence-corrected chi connectivity index (χ4v) is 4.09. The molecule has 3 aromatic heterocycles. The van der Waals surface area contributed by atoms with Gasteiger partial charge >= 0.3 is 15.5 Å². The summed E-state index contributed by atoms with van der Waals surface area (Å²) in [6.45, 7) is 0.633. The lowest BCUT2D eigenvalue weighted by Crippen LogP contribution is -2.51. The van der Waals surface area contributed by atoms with Gasteiger partial charge in [0.25, 0.3) is 0 Å².